The van der Waals surface area contributed by atoms with Crippen LogP contribution >= 0.6 is 0 Å². The van der Waals surface area contributed by atoms with Crippen LogP contribution in [0.3, 0.4) is 0 Å². The summed E-state index contributed by atoms with van der Waals surface area (Å²) in [4.78, 5) is 23.7. The van der Waals surface area contributed by atoms with Crippen molar-refractivity contribution in [3.63, 3.8) is 0 Å². The van der Waals surface area contributed by atoms with Gasteiger partial charge < -0.3 is 9.47 Å². The number of rotatable bonds is 7. The van der Waals surface area contributed by atoms with E-state index in [9.17, 15) is 9.59 Å². The molecule has 0 aromatic heterocycles. The van der Waals surface area contributed by atoms with Gasteiger partial charge in [-0.3, -0.25) is 9.59 Å². The van der Waals surface area contributed by atoms with E-state index in [2.05, 4.69) is 0 Å². The number of carbonyl (C=O) groups excluding carboxylic acids is 2. The molecular weight excluding hydrogens is 280 g/mol. The second-order valence-electron chi connectivity index (χ2n) is 5.84. The molecule has 0 heterocycles. The van der Waals surface area contributed by atoms with E-state index in [1.165, 1.54) is 19.3 Å². The van der Waals surface area contributed by atoms with Crippen molar-refractivity contribution in [2.24, 2.45) is 5.92 Å². The van der Waals surface area contributed by atoms with Gasteiger partial charge in [0.2, 0.25) is 0 Å². The molecule has 22 heavy (non-hydrogen) atoms. The van der Waals surface area contributed by atoms with Gasteiger partial charge in [0, 0.05) is 12.0 Å². The number of hydrogen-bond acceptors (Lipinski definition) is 4. The van der Waals surface area contributed by atoms with E-state index >= 15 is 0 Å². The maximum Gasteiger partial charge on any atom is 0.306 e. The fourth-order valence-electron chi connectivity index (χ4n) is 2.77. The Kier molecular flexibility index (Phi) is 6.44. The third-order valence-corrected chi connectivity index (χ3v) is 4.17. The predicted octanol–water partition coefficient (Wildman–Crippen LogP) is 3.78. The zero-order chi connectivity index (χ0) is 15.8. The number of ketones is 1. The molecule has 0 bridgehead atoms. The van der Waals surface area contributed by atoms with E-state index in [0.717, 1.165) is 12.8 Å². The van der Waals surface area contributed by atoms with Gasteiger partial charge in [-0.2, -0.15) is 0 Å². The molecule has 120 valence electrons. The van der Waals surface area contributed by atoms with Crippen molar-refractivity contribution in [1.29, 1.82) is 0 Å². The van der Waals surface area contributed by atoms with Crippen LogP contribution in [0.5, 0.6) is 5.75 Å². The molecule has 0 radical (unpaired) electrons. The summed E-state index contributed by atoms with van der Waals surface area (Å²) < 4.78 is 10.3. The molecule has 1 aromatic carbocycles. The van der Waals surface area contributed by atoms with E-state index in [0.29, 0.717) is 23.8 Å². The first-order chi connectivity index (χ1) is 10.7. The third-order valence-electron chi connectivity index (χ3n) is 4.17. The predicted molar refractivity (Wildman–Crippen MR) is 84.1 cm³/mol. The first-order valence-corrected chi connectivity index (χ1v) is 8.02. The molecule has 1 aliphatic carbocycles. The van der Waals surface area contributed by atoms with Gasteiger partial charge in [0.05, 0.1) is 20.1 Å². The highest BCUT2D eigenvalue weighted by molar-refractivity contribution is 5.97. The Morgan fingerprint density at radius 1 is 1.05 bits per heavy atom. The minimum atomic E-state index is -0.271. The maximum absolute atomic E-state index is 12.0. The Balaban J connectivity index is 1.69. The highest BCUT2D eigenvalue weighted by atomic mass is 16.5. The van der Waals surface area contributed by atoms with E-state index in [1.54, 1.807) is 31.4 Å². The van der Waals surface area contributed by atoms with E-state index < -0.39 is 0 Å². The minimum Gasteiger partial charge on any atom is -0.497 e. The summed E-state index contributed by atoms with van der Waals surface area (Å²) in [6, 6.07) is 6.92. The number of ether oxygens (including phenoxy) is 2. The van der Waals surface area contributed by atoms with Crippen molar-refractivity contribution in [2.45, 2.75) is 44.9 Å². The van der Waals surface area contributed by atoms with Crippen molar-refractivity contribution in [2.75, 3.05) is 13.7 Å². The second-order valence-corrected chi connectivity index (χ2v) is 5.84. The molecule has 4 heteroatoms. The molecule has 1 fully saturated rings. The Hall–Kier alpha value is -1.84. The molecule has 0 N–H and O–H groups in total. The first-order valence-electron chi connectivity index (χ1n) is 8.02. The molecule has 1 aromatic rings. The average Bonchev–Trinajstić information content (AvgIpc) is 2.58. The quantitative estimate of drug-likeness (QED) is 0.568. The van der Waals surface area contributed by atoms with Gasteiger partial charge in [-0.15, -0.1) is 0 Å². The summed E-state index contributed by atoms with van der Waals surface area (Å²) >= 11 is 0. The van der Waals surface area contributed by atoms with Crippen LogP contribution in [0.4, 0.5) is 0 Å². The Bertz CT molecular complexity index is 486. The number of methoxy groups -OCH3 is 1. The Morgan fingerprint density at radius 2 is 1.73 bits per heavy atom. The van der Waals surface area contributed by atoms with Crippen molar-refractivity contribution in [3.8, 4) is 5.75 Å². The van der Waals surface area contributed by atoms with Crippen molar-refractivity contribution < 1.29 is 19.1 Å². The molecule has 0 atom stereocenters. The van der Waals surface area contributed by atoms with Crippen LogP contribution in [0.15, 0.2) is 24.3 Å². The summed E-state index contributed by atoms with van der Waals surface area (Å²) in [5.74, 6) is 0.906. The normalized spacial score (nSPS) is 15.3. The van der Waals surface area contributed by atoms with Crippen LogP contribution in [-0.2, 0) is 9.53 Å². The van der Waals surface area contributed by atoms with Gasteiger partial charge in [-0.05, 0) is 43.0 Å². The second kappa shape index (κ2) is 8.57. The largest absolute Gasteiger partial charge is 0.497 e. The lowest BCUT2D eigenvalue weighted by molar-refractivity contribution is -0.145. The molecule has 0 amide bonds. The summed E-state index contributed by atoms with van der Waals surface area (Å²) in [6.07, 6.45) is 6.40. The number of hydrogen-bond donors (Lipinski definition) is 0. The van der Waals surface area contributed by atoms with E-state index in [4.69, 9.17) is 9.47 Å². The topological polar surface area (TPSA) is 52.6 Å². The van der Waals surface area contributed by atoms with Gasteiger partial charge in [-0.1, -0.05) is 19.3 Å². The van der Waals surface area contributed by atoms with Crippen LogP contribution < -0.4 is 4.74 Å². The van der Waals surface area contributed by atoms with E-state index in [1.807, 2.05) is 0 Å². The molecule has 0 aliphatic heterocycles. The fraction of sp³-hybridized carbons (Fsp3) is 0.556. The number of carbonyl (C=O) groups is 2. The standard InChI is InChI=1S/C18H24O4/c1-21-16-9-7-15(8-10-16)17(19)11-12-18(20)22-13-14-5-3-2-4-6-14/h7-10,14H,2-6,11-13H2,1H3. The highest BCUT2D eigenvalue weighted by Crippen LogP contribution is 2.23. The van der Waals surface area contributed by atoms with Gasteiger partial charge in [0.25, 0.3) is 0 Å². The average molecular weight is 304 g/mol. The van der Waals surface area contributed by atoms with Gasteiger partial charge >= 0.3 is 5.97 Å². The third kappa shape index (κ3) is 5.17. The maximum atomic E-state index is 12.0. The highest BCUT2D eigenvalue weighted by Gasteiger charge is 2.16. The lowest BCUT2D eigenvalue weighted by Crippen LogP contribution is -2.17. The number of Topliss-reactive ketones (excluding diaryl/α,β-unsaturated/α-hetero) is 1. The van der Waals surface area contributed by atoms with Crippen LogP contribution in [-0.4, -0.2) is 25.5 Å². The Labute approximate surface area is 131 Å². The van der Waals surface area contributed by atoms with Crippen molar-refractivity contribution in [1.82, 2.24) is 0 Å². The van der Waals surface area contributed by atoms with Crippen LogP contribution in [0.25, 0.3) is 0 Å². The van der Waals surface area contributed by atoms with Crippen molar-refractivity contribution in [3.05, 3.63) is 29.8 Å². The number of esters is 1. The summed E-state index contributed by atoms with van der Waals surface area (Å²) in [5, 5.41) is 0. The lowest BCUT2D eigenvalue weighted by atomic mass is 9.90. The summed E-state index contributed by atoms with van der Waals surface area (Å²) in [5.41, 5.74) is 0.598. The lowest BCUT2D eigenvalue weighted by Gasteiger charge is -2.20. The first kappa shape index (κ1) is 16.5. The zero-order valence-electron chi connectivity index (χ0n) is 13.2. The molecule has 0 saturated heterocycles. The molecule has 1 saturated carbocycles. The summed E-state index contributed by atoms with van der Waals surface area (Å²) in [7, 11) is 1.58. The zero-order valence-corrected chi connectivity index (χ0v) is 13.2. The van der Waals surface area contributed by atoms with Gasteiger partial charge in [-0.25, -0.2) is 0 Å². The molecule has 0 spiro atoms. The van der Waals surface area contributed by atoms with Crippen LogP contribution in [0.2, 0.25) is 0 Å². The van der Waals surface area contributed by atoms with Crippen LogP contribution in [0, 0.1) is 5.92 Å². The number of benzene rings is 1. The fourth-order valence-corrected chi connectivity index (χ4v) is 2.77. The molecule has 2 rings (SSSR count). The summed E-state index contributed by atoms with van der Waals surface area (Å²) in [6.45, 7) is 0.509. The molecule has 4 nitrogen and oxygen atoms in total. The van der Waals surface area contributed by atoms with Gasteiger partial charge in [0.1, 0.15) is 5.75 Å². The molecule has 0 unspecified atom stereocenters. The minimum absolute atomic E-state index is 0.0442. The van der Waals surface area contributed by atoms with Gasteiger partial charge in [0.15, 0.2) is 5.78 Å². The van der Waals surface area contributed by atoms with Crippen LogP contribution in [0.1, 0.15) is 55.3 Å². The monoisotopic (exact) mass is 304 g/mol. The molecular formula is C18H24O4. The van der Waals surface area contributed by atoms with Crippen molar-refractivity contribution >= 4 is 11.8 Å². The van der Waals surface area contributed by atoms with E-state index in [-0.39, 0.29) is 24.6 Å². The SMILES string of the molecule is COc1ccc(C(=O)CCC(=O)OCC2CCCCC2)cc1. The smallest absolute Gasteiger partial charge is 0.306 e. The molecule has 1 aliphatic rings. The Morgan fingerprint density at radius 3 is 2.36 bits per heavy atom.